The molecule has 2 aliphatic rings. The molecule has 1 saturated carbocycles. The molecule has 0 bridgehead atoms. The average molecular weight is 355 g/mol. The van der Waals surface area contributed by atoms with Crippen molar-refractivity contribution >= 4 is 28.7 Å². The number of nitrogens with zero attached hydrogens (tertiary/aromatic N) is 4. The van der Waals surface area contributed by atoms with Gasteiger partial charge in [0.15, 0.2) is 5.65 Å². The zero-order chi connectivity index (χ0) is 17.1. The van der Waals surface area contributed by atoms with Crippen LogP contribution >= 0.6 is 11.6 Å². The van der Waals surface area contributed by atoms with Gasteiger partial charge in [-0.05, 0) is 50.1 Å². The smallest absolute Gasteiger partial charge is 0.391 e. The highest BCUT2D eigenvalue weighted by Crippen LogP contribution is 2.35. The summed E-state index contributed by atoms with van der Waals surface area (Å²) in [6.07, 6.45) is 1.79. The quantitative estimate of drug-likeness (QED) is 0.701. The molecule has 6 nitrogen and oxygen atoms in total. The molecule has 0 atom stereocenters. The van der Waals surface area contributed by atoms with E-state index in [1.165, 1.54) is 0 Å². The van der Waals surface area contributed by atoms with E-state index in [1.807, 2.05) is 37.3 Å². The normalized spacial score (nSPS) is 16.9. The molecule has 25 heavy (non-hydrogen) atoms. The Labute approximate surface area is 149 Å². The second kappa shape index (κ2) is 5.20. The largest absolute Gasteiger partial charge is 0.417 e. The SMILES string of the molecule is Cc1nn(-c2ccc(Cl)cc2)c2nc3c(cc12)CN(C1CC1)C(=O)O3. The highest BCUT2D eigenvalue weighted by atomic mass is 35.5. The highest BCUT2D eigenvalue weighted by Gasteiger charge is 2.38. The predicted molar refractivity (Wildman–Crippen MR) is 93.2 cm³/mol. The number of pyridine rings is 1. The molecule has 7 heteroatoms. The van der Waals surface area contributed by atoms with Crippen molar-refractivity contribution in [2.45, 2.75) is 32.4 Å². The van der Waals surface area contributed by atoms with E-state index >= 15 is 0 Å². The summed E-state index contributed by atoms with van der Waals surface area (Å²) in [5, 5.41) is 6.23. The maximum Gasteiger partial charge on any atom is 0.417 e. The summed E-state index contributed by atoms with van der Waals surface area (Å²) < 4.78 is 7.24. The summed E-state index contributed by atoms with van der Waals surface area (Å²) in [6.45, 7) is 2.50. The van der Waals surface area contributed by atoms with E-state index < -0.39 is 0 Å². The Morgan fingerprint density at radius 1 is 1.24 bits per heavy atom. The number of aryl methyl sites for hydroxylation is 1. The maximum atomic E-state index is 12.2. The molecule has 126 valence electrons. The fourth-order valence-electron chi connectivity index (χ4n) is 3.23. The van der Waals surface area contributed by atoms with Gasteiger partial charge in [-0.1, -0.05) is 11.6 Å². The van der Waals surface area contributed by atoms with Gasteiger partial charge >= 0.3 is 6.09 Å². The molecule has 1 fully saturated rings. The van der Waals surface area contributed by atoms with Gasteiger partial charge in [-0.15, -0.1) is 0 Å². The minimum Gasteiger partial charge on any atom is -0.391 e. The number of halogens is 1. The number of hydrogen-bond acceptors (Lipinski definition) is 4. The lowest BCUT2D eigenvalue weighted by Gasteiger charge is -2.27. The van der Waals surface area contributed by atoms with Crippen molar-refractivity contribution in [3.63, 3.8) is 0 Å². The van der Waals surface area contributed by atoms with Gasteiger partial charge in [-0.25, -0.2) is 9.48 Å². The summed E-state index contributed by atoms with van der Waals surface area (Å²) in [4.78, 5) is 18.6. The Balaban J connectivity index is 1.64. The maximum absolute atomic E-state index is 12.2. The molecule has 0 spiro atoms. The van der Waals surface area contributed by atoms with Crippen molar-refractivity contribution < 1.29 is 9.53 Å². The lowest BCUT2D eigenvalue weighted by molar-refractivity contribution is 0.132. The van der Waals surface area contributed by atoms with Gasteiger partial charge in [0.1, 0.15) is 0 Å². The van der Waals surface area contributed by atoms with Crippen molar-refractivity contribution in [2.24, 2.45) is 0 Å². The molecule has 5 rings (SSSR count). The first-order chi connectivity index (χ1) is 12.1. The van der Waals surface area contributed by atoms with Crippen LogP contribution in [0.3, 0.4) is 0 Å². The van der Waals surface area contributed by atoms with Crippen molar-refractivity contribution in [1.82, 2.24) is 19.7 Å². The monoisotopic (exact) mass is 354 g/mol. The second-order valence-electron chi connectivity index (χ2n) is 6.52. The molecule has 1 aliphatic carbocycles. The van der Waals surface area contributed by atoms with Gasteiger partial charge in [0, 0.05) is 22.0 Å². The molecular weight excluding hydrogens is 340 g/mol. The van der Waals surface area contributed by atoms with Gasteiger partial charge in [0.25, 0.3) is 0 Å². The number of fused-ring (bicyclic) bond motifs is 2. The molecule has 0 saturated heterocycles. The zero-order valence-corrected chi connectivity index (χ0v) is 14.3. The minimum atomic E-state index is -0.309. The van der Waals surface area contributed by atoms with Crippen LogP contribution in [0.15, 0.2) is 30.3 Å². The van der Waals surface area contributed by atoms with E-state index in [9.17, 15) is 4.79 Å². The number of rotatable bonds is 2. The van der Waals surface area contributed by atoms with E-state index in [2.05, 4.69) is 10.1 Å². The lowest BCUT2D eigenvalue weighted by Crippen LogP contribution is -2.38. The summed E-state index contributed by atoms with van der Waals surface area (Å²) in [5.74, 6) is 0.379. The van der Waals surface area contributed by atoms with Gasteiger partial charge in [-0.2, -0.15) is 10.1 Å². The van der Waals surface area contributed by atoms with Crippen molar-refractivity contribution in [2.75, 3.05) is 0 Å². The van der Waals surface area contributed by atoms with Gasteiger partial charge in [0.05, 0.1) is 17.9 Å². The summed E-state index contributed by atoms with van der Waals surface area (Å²) in [5.41, 5.74) is 3.34. The average Bonchev–Trinajstić information content (AvgIpc) is 3.39. The molecule has 3 aromatic rings. The van der Waals surface area contributed by atoms with Crippen LogP contribution in [-0.2, 0) is 6.54 Å². The van der Waals surface area contributed by atoms with Crippen molar-refractivity contribution in [3.05, 3.63) is 46.6 Å². The van der Waals surface area contributed by atoms with E-state index in [4.69, 9.17) is 16.3 Å². The van der Waals surface area contributed by atoms with E-state index in [1.54, 1.807) is 9.58 Å². The lowest BCUT2D eigenvalue weighted by atomic mass is 10.1. The molecule has 3 heterocycles. The van der Waals surface area contributed by atoms with Gasteiger partial charge < -0.3 is 9.64 Å². The minimum absolute atomic E-state index is 0.309. The zero-order valence-electron chi connectivity index (χ0n) is 13.6. The molecular formula is C18H15ClN4O2. The summed E-state index contributed by atoms with van der Waals surface area (Å²) in [6, 6.07) is 9.74. The van der Waals surface area contributed by atoms with Crippen LogP contribution < -0.4 is 4.74 Å². The van der Waals surface area contributed by atoms with E-state index in [0.717, 1.165) is 35.2 Å². The molecule has 2 aromatic heterocycles. The number of benzene rings is 1. The number of carbonyl (C=O) groups is 1. The number of ether oxygens (including phenoxy) is 1. The third-order valence-corrected chi connectivity index (χ3v) is 4.95. The standard InChI is InChI=1S/C18H15ClN4O2/c1-10-15-8-11-9-22(13-6-7-13)18(24)25-17(11)20-16(15)23(21-10)14-4-2-12(19)3-5-14/h2-5,8,13H,6-7,9H2,1H3. The Kier molecular flexibility index (Phi) is 3.06. The number of amides is 1. The summed E-state index contributed by atoms with van der Waals surface area (Å²) in [7, 11) is 0. The fraction of sp³-hybridized carbons (Fsp3) is 0.278. The molecule has 1 amide bonds. The number of carbonyl (C=O) groups excluding carboxylic acids is 1. The van der Waals surface area contributed by atoms with E-state index in [0.29, 0.717) is 29.1 Å². The first kappa shape index (κ1) is 14.7. The van der Waals surface area contributed by atoms with Crippen LogP contribution in [0.25, 0.3) is 16.7 Å². The van der Waals surface area contributed by atoms with Crippen molar-refractivity contribution in [3.8, 4) is 11.6 Å². The molecule has 1 aromatic carbocycles. The summed E-state index contributed by atoms with van der Waals surface area (Å²) >= 11 is 5.97. The van der Waals surface area contributed by atoms with Crippen molar-refractivity contribution in [1.29, 1.82) is 0 Å². The Hall–Kier alpha value is -2.60. The Morgan fingerprint density at radius 3 is 2.72 bits per heavy atom. The Morgan fingerprint density at radius 2 is 2.00 bits per heavy atom. The van der Waals surface area contributed by atoms with Crippen LogP contribution in [-0.4, -0.2) is 31.8 Å². The predicted octanol–water partition coefficient (Wildman–Crippen LogP) is 3.86. The van der Waals surface area contributed by atoms with Crippen LogP contribution in [0, 0.1) is 6.92 Å². The topological polar surface area (TPSA) is 60.2 Å². The first-order valence-corrected chi connectivity index (χ1v) is 8.61. The third-order valence-electron chi connectivity index (χ3n) is 4.70. The first-order valence-electron chi connectivity index (χ1n) is 8.24. The second-order valence-corrected chi connectivity index (χ2v) is 6.96. The molecule has 0 radical (unpaired) electrons. The fourth-order valence-corrected chi connectivity index (χ4v) is 3.35. The van der Waals surface area contributed by atoms with Gasteiger partial charge in [0.2, 0.25) is 5.88 Å². The third kappa shape index (κ3) is 2.36. The van der Waals surface area contributed by atoms with Gasteiger partial charge in [-0.3, -0.25) is 0 Å². The van der Waals surface area contributed by atoms with E-state index in [-0.39, 0.29) is 6.09 Å². The molecule has 1 aliphatic heterocycles. The highest BCUT2D eigenvalue weighted by molar-refractivity contribution is 6.30. The van der Waals surface area contributed by atoms with Crippen LogP contribution in [0.4, 0.5) is 4.79 Å². The Bertz CT molecular complexity index is 1010. The van der Waals surface area contributed by atoms with Crippen LogP contribution in [0.5, 0.6) is 5.88 Å². The number of hydrogen-bond donors (Lipinski definition) is 0. The molecule has 0 unspecified atom stereocenters. The number of aromatic nitrogens is 3. The molecule has 0 N–H and O–H groups in total. The van der Waals surface area contributed by atoms with Crippen LogP contribution in [0.1, 0.15) is 24.1 Å². The van der Waals surface area contributed by atoms with Crippen LogP contribution in [0.2, 0.25) is 5.02 Å².